The summed E-state index contributed by atoms with van der Waals surface area (Å²) in [5.41, 5.74) is 3.19. The topological polar surface area (TPSA) is 51.5 Å². The number of benzene rings is 1. The monoisotopic (exact) mass is 282 g/mol. The van der Waals surface area contributed by atoms with Gasteiger partial charge in [-0.05, 0) is 49.2 Å². The van der Waals surface area contributed by atoms with E-state index in [1.807, 2.05) is 22.7 Å². The third kappa shape index (κ3) is 2.67. The summed E-state index contributed by atoms with van der Waals surface area (Å²) in [5.74, 6) is 1.80. The highest BCUT2D eigenvalue weighted by Gasteiger charge is 2.09. The summed E-state index contributed by atoms with van der Waals surface area (Å²) < 4.78 is 7.00. The number of fused-ring (bicyclic) bond motifs is 1. The summed E-state index contributed by atoms with van der Waals surface area (Å²) in [6.45, 7) is 4.17. The fraction of sp³-hybridized carbons (Fsp3) is 0.250. The summed E-state index contributed by atoms with van der Waals surface area (Å²) in [6, 6.07) is 12.3. The van der Waals surface area contributed by atoms with Crippen LogP contribution in [0, 0.1) is 6.92 Å². The van der Waals surface area contributed by atoms with Gasteiger partial charge >= 0.3 is 0 Å². The molecule has 108 valence electrons. The van der Waals surface area contributed by atoms with E-state index in [-0.39, 0.29) is 6.04 Å². The number of nitrogens with one attached hydrogen (secondary N) is 1. The number of rotatable bonds is 4. The van der Waals surface area contributed by atoms with Gasteiger partial charge in [-0.25, -0.2) is 4.98 Å². The molecule has 1 atom stereocenters. The lowest BCUT2D eigenvalue weighted by Gasteiger charge is -2.17. The van der Waals surface area contributed by atoms with E-state index >= 15 is 0 Å². The quantitative estimate of drug-likeness (QED) is 0.798. The van der Waals surface area contributed by atoms with Crippen LogP contribution >= 0.6 is 0 Å². The highest BCUT2D eigenvalue weighted by molar-refractivity contribution is 5.52. The van der Waals surface area contributed by atoms with E-state index in [4.69, 9.17) is 4.74 Å². The normalized spacial score (nSPS) is 12.3. The van der Waals surface area contributed by atoms with Gasteiger partial charge in [0.2, 0.25) is 0 Å². The van der Waals surface area contributed by atoms with E-state index in [0.29, 0.717) is 0 Å². The summed E-state index contributed by atoms with van der Waals surface area (Å²) in [6.07, 6.45) is 1.57. The fourth-order valence-corrected chi connectivity index (χ4v) is 2.36. The molecule has 5 nitrogen and oxygen atoms in total. The number of aryl methyl sites for hydroxylation is 1. The lowest BCUT2D eigenvalue weighted by molar-refractivity contribution is 0.414. The minimum absolute atomic E-state index is 0.158. The number of hydrogen-bond donors (Lipinski definition) is 1. The number of anilines is 1. The molecule has 0 amide bonds. The van der Waals surface area contributed by atoms with Crippen LogP contribution in [0.2, 0.25) is 0 Å². The molecular formula is C16H18N4O. The Morgan fingerprint density at radius 2 is 1.95 bits per heavy atom. The Hall–Kier alpha value is -2.56. The molecule has 0 bridgehead atoms. The van der Waals surface area contributed by atoms with Crippen LogP contribution in [0.4, 0.5) is 5.82 Å². The molecule has 1 unspecified atom stereocenters. The number of hydrogen-bond acceptors (Lipinski definition) is 4. The first-order chi connectivity index (χ1) is 10.2. The summed E-state index contributed by atoms with van der Waals surface area (Å²) in [4.78, 5) is 4.24. The average molecular weight is 282 g/mol. The molecule has 2 aromatic heterocycles. The van der Waals surface area contributed by atoms with Gasteiger partial charge < -0.3 is 10.1 Å². The van der Waals surface area contributed by atoms with Crippen LogP contribution in [0.15, 0.2) is 42.7 Å². The van der Waals surface area contributed by atoms with Crippen LogP contribution in [0.3, 0.4) is 0 Å². The lowest BCUT2D eigenvalue weighted by Crippen LogP contribution is -2.10. The smallest absolute Gasteiger partial charge is 0.157 e. The van der Waals surface area contributed by atoms with Crippen molar-refractivity contribution in [3.05, 3.63) is 53.9 Å². The van der Waals surface area contributed by atoms with E-state index in [1.165, 1.54) is 5.56 Å². The van der Waals surface area contributed by atoms with Gasteiger partial charge in [-0.2, -0.15) is 9.61 Å². The van der Waals surface area contributed by atoms with E-state index in [0.717, 1.165) is 22.8 Å². The molecule has 3 aromatic rings. The third-order valence-corrected chi connectivity index (χ3v) is 3.50. The Labute approximate surface area is 123 Å². The van der Waals surface area contributed by atoms with E-state index < -0.39 is 0 Å². The third-order valence-electron chi connectivity index (χ3n) is 3.50. The molecule has 5 heteroatoms. The Balaban J connectivity index is 1.88. The number of methoxy groups -OCH3 is 1. The minimum Gasteiger partial charge on any atom is -0.497 e. The second kappa shape index (κ2) is 5.44. The van der Waals surface area contributed by atoms with Crippen LogP contribution in [0.1, 0.15) is 24.1 Å². The highest BCUT2D eigenvalue weighted by atomic mass is 16.5. The molecule has 0 fully saturated rings. The number of aromatic nitrogens is 3. The Morgan fingerprint density at radius 3 is 2.67 bits per heavy atom. The van der Waals surface area contributed by atoms with Crippen molar-refractivity contribution in [1.29, 1.82) is 0 Å². The molecule has 1 N–H and O–H groups in total. The second-order valence-corrected chi connectivity index (χ2v) is 5.09. The van der Waals surface area contributed by atoms with Crippen molar-refractivity contribution in [2.45, 2.75) is 19.9 Å². The second-order valence-electron chi connectivity index (χ2n) is 5.09. The zero-order valence-electron chi connectivity index (χ0n) is 12.4. The maximum Gasteiger partial charge on any atom is 0.157 e. The van der Waals surface area contributed by atoms with Crippen molar-refractivity contribution >= 4 is 11.5 Å². The standard InChI is InChI=1S/C16H18N4O/c1-11-8-15-17-10-18-20(15)16(9-11)19-12(2)13-4-6-14(21-3)7-5-13/h4-10,12,19H,1-3H3. The van der Waals surface area contributed by atoms with Crippen LogP contribution in [-0.4, -0.2) is 21.7 Å². The first-order valence-corrected chi connectivity index (χ1v) is 6.88. The summed E-state index contributed by atoms with van der Waals surface area (Å²) in [7, 11) is 1.67. The van der Waals surface area contributed by atoms with Gasteiger partial charge in [0.1, 0.15) is 17.9 Å². The first kappa shape index (κ1) is 13.4. The predicted molar refractivity (Wildman–Crippen MR) is 82.8 cm³/mol. The molecule has 0 aliphatic carbocycles. The van der Waals surface area contributed by atoms with Gasteiger partial charge in [0, 0.05) is 6.04 Å². The molecule has 21 heavy (non-hydrogen) atoms. The zero-order valence-corrected chi connectivity index (χ0v) is 12.4. The predicted octanol–water partition coefficient (Wildman–Crippen LogP) is 3.22. The SMILES string of the molecule is COc1ccc(C(C)Nc2cc(C)cc3ncnn23)cc1. The molecule has 0 aliphatic heterocycles. The molecule has 0 saturated heterocycles. The lowest BCUT2D eigenvalue weighted by atomic mass is 10.1. The van der Waals surface area contributed by atoms with Crippen molar-refractivity contribution < 1.29 is 4.74 Å². The van der Waals surface area contributed by atoms with Gasteiger partial charge in [-0.3, -0.25) is 0 Å². The van der Waals surface area contributed by atoms with Crippen LogP contribution in [0.25, 0.3) is 5.65 Å². The zero-order chi connectivity index (χ0) is 14.8. The summed E-state index contributed by atoms with van der Waals surface area (Å²) >= 11 is 0. The fourth-order valence-electron chi connectivity index (χ4n) is 2.36. The van der Waals surface area contributed by atoms with Gasteiger partial charge in [0.05, 0.1) is 7.11 Å². The number of nitrogens with zero attached hydrogens (tertiary/aromatic N) is 3. The maximum atomic E-state index is 5.19. The van der Waals surface area contributed by atoms with Crippen LogP contribution in [0.5, 0.6) is 5.75 Å². The van der Waals surface area contributed by atoms with E-state index in [9.17, 15) is 0 Å². The van der Waals surface area contributed by atoms with Gasteiger partial charge in [0.25, 0.3) is 0 Å². The highest BCUT2D eigenvalue weighted by Crippen LogP contribution is 2.22. The molecule has 2 heterocycles. The Morgan fingerprint density at radius 1 is 1.19 bits per heavy atom. The average Bonchev–Trinajstić information content (AvgIpc) is 2.95. The molecule has 0 spiro atoms. The Bertz CT molecular complexity index is 749. The van der Waals surface area contributed by atoms with Crippen molar-refractivity contribution in [3.63, 3.8) is 0 Å². The van der Waals surface area contributed by atoms with Crippen LogP contribution in [-0.2, 0) is 0 Å². The van der Waals surface area contributed by atoms with Crippen molar-refractivity contribution in [2.24, 2.45) is 0 Å². The first-order valence-electron chi connectivity index (χ1n) is 6.88. The molecule has 1 aromatic carbocycles. The van der Waals surface area contributed by atoms with Crippen molar-refractivity contribution in [1.82, 2.24) is 14.6 Å². The molecule has 0 saturated carbocycles. The summed E-state index contributed by atoms with van der Waals surface area (Å²) in [5, 5.41) is 7.74. The minimum atomic E-state index is 0.158. The van der Waals surface area contributed by atoms with Gasteiger partial charge in [-0.15, -0.1) is 0 Å². The molecule has 0 aliphatic rings. The van der Waals surface area contributed by atoms with Gasteiger partial charge in [0.15, 0.2) is 5.65 Å². The van der Waals surface area contributed by atoms with Crippen molar-refractivity contribution in [2.75, 3.05) is 12.4 Å². The number of pyridine rings is 1. The molecular weight excluding hydrogens is 264 g/mol. The largest absolute Gasteiger partial charge is 0.497 e. The molecule has 3 rings (SSSR count). The van der Waals surface area contributed by atoms with Gasteiger partial charge in [-0.1, -0.05) is 12.1 Å². The Kier molecular flexibility index (Phi) is 3.48. The number of ether oxygens (including phenoxy) is 1. The van der Waals surface area contributed by atoms with Crippen LogP contribution < -0.4 is 10.1 Å². The maximum absolute atomic E-state index is 5.19. The van der Waals surface area contributed by atoms with E-state index in [2.05, 4.69) is 47.4 Å². The van der Waals surface area contributed by atoms with Crippen molar-refractivity contribution in [3.8, 4) is 5.75 Å². The van der Waals surface area contributed by atoms with E-state index in [1.54, 1.807) is 13.4 Å². The molecule has 0 radical (unpaired) electrons.